The number of piperazine rings is 2. The van der Waals surface area contributed by atoms with Gasteiger partial charge >= 0.3 is 0 Å². The molecule has 0 atom stereocenters. The summed E-state index contributed by atoms with van der Waals surface area (Å²) in [5.74, 6) is 0.272. The first-order valence-corrected chi connectivity index (χ1v) is 10.6. The second-order valence-corrected chi connectivity index (χ2v) is 8.00. The van der Waals surface area contributed by atoms with Crippen LogP contribution >= 0.6 is 0 Å². The number of aryl methyl sites for hydroxylation is 1. The molecule has 4 rings (SSSR count). The number of benzene rings is 1. The predicted octanol–water partition coefficient (Wildman–Crippen LogP) is 1.86. The number of hydrogen-bond acceptors (Lipinski definition) is 5. The maximum absolute atomic E-state index is 12.8. The first-order valence-electron chi connectivity index (χ1n) is 10.6. The fraction of sp³-hybridized carbons (Fsp3) is 0.478. The molecule has 29 heavy (non-hydrogen) atoms. The van der Waals surface area contributed by atoms with Gasteiger partial charge < -0.3 is 9.80 Å². The fourth-order valence-corrected chi connectivity index (χ4v) is 4.18. The fourth-order valence-electron chi connectivity index (χ4n) is 4.18. The topological polar surface area (TPSA) is 42.9 Å². The third-order valence-corrected chi connectivity index (χ3v) is 6.09. The molecule has 6 nitrogen and oxygen atoms in total. The predicted molar refractivity (Wildman–Crippen MR) is 116 cm³/mol. The van der Waals surface area contributed by atoms with Crippen molar-refractivity contribution in [1.29, 1.82) is 0 Å². The largest absolute Gasteiger partial charge is 0.368 e. The molecule has 0 aliphatic carbocycles. The number of carbonyl (C=O) groups excluding carboxylic acids is 1. The summed E-state index contributed by atoms with van der Waals surface area (Å²) in [5, 5.41) is 0. The summed E-state index contributed by atoms with van der Waals surface area (Å²) < 4.78 is 0. The van der Waals surface area contributed by atoms with Gasteiger partial charge in [-0.1, -0.05) is 24.3 Å². The Bertz CT molecular complexity index is 796. The van der Waals surface area contributed by atoms with Gasteiger partial charge in [-0.2, -0.15) is 0 Å². The van der Waals surface area contributed by atoms with Crippen LogP contribution in [-0.4, -0.2) is 84.5 Å². The van der Waals surface area contributed by atoms with Gasteiger partial charge in [-0.25, -0.2) is 0 Å². The molecule has 0 unspecified atom stereocenters. The number of amides is 1. The first kappa shape index (κ1) is 19.9. The molecule has 1 aromatic heterocycles. The van der Waals surface area contributed by atoms with Crippen LogP contribution in [0.25, 0.3) is 0 Å². The molecule has 3 heterocycles. The maximum atomic E-state index is 12.8. The van der Waals surface area contributed by atoms with Crippen molar-refractivity contribution in [3.63, 3.8) is 0 Å². The first-order chi connectivity index (χ1) is 14.2. The number of nitrogens with zero attached hydrogens (tertiary/aromatic N) is 5. The highest BCUT2D eigenvalue weighted by molar-refractivity contribution is 5.78. The zero-order valence-electron chi connectivity index (χ0n) is 17.3. The van der Waals surface area contributed by atoms with Crippen LogP contribution in [0.1, 0.15) is 11.3 Å². The van der Waals surface area contributed by atoms with Crippen LogP contribution in [0.15, 0.2) is 48.7 Å². The SMILES string of the molecule is Cc1ncccc1CN1CCN(CC(=O)N2CCN(c3ccccc3)CC2)CC1. The van der Waals surface area contributed by atoms with E-state index in [0.29, 0.717) is 6.54 Å². The van der Waals surface area contributed by atoms with Crippen molar-refractivity contribution < 1.29 is 4.79 Å². The van der Waals surface area contributed by atoms with Gasteiger partial charge in [0.15, 0.2) is 0 Å². The Morgan fingerprint density at radius 2 is 1.55 bits per heavy atom. The molecule has 0 spiro atoms. The summed E-state index contributed by atoms with van der Waals surface area (Å²) in [6.07, 6.45) is 1.85. The zero-order chi connectivity index (χ0) is 20.1. The monoisotopic (exact) mass is 393 g/mol. The highest BCUT2D eigenvalue weighted by Gasteiger charge is 2.25. The Balaban J connectivity index is 1.20. The van der Waals surface area contributed by atoms with Crippen LogP contribution in [0.4, 0.5) is 5.69 Å². The van der Waals surface area contributed by atoms with Crippen molar-refractivity contribution in [1.82, 2.24) is 19.7 Å². The van der Waals surface area contributed by atoms with Crippen LogP contribution in [0.2, 0.25) is 0 Å². The van der Waals surface area contributed by atoms with Crippen molar-refractivity contribution in [3.05, 3.63) is 59.9 Å². The second kappa shape index (κ2) is 9.37. The van der Waals surface area contributed by atoms with Crippen molar-refractivity contribution in [3.8, 4) is 0 Å². The summed E-state index contributed by atoms with van der Waals surface area (Å²) in [6, 6.07) is 14.6. The van der Waals surface area contributed by atoms with E-state index in [4.69, 9.17) is 0 Å². The minimum atomic E-state index is 0.272. The molecule has 2 aliphatic heterocycles. The average Bonchev–Trinajstić information content (AvgIpc) is 2.77. The minimum Gasteiger partial charge on any atom is -0.368 e. The molecule has 0 bridgehead atoms. The average molecular weight is 394 g/mol. The summed E-state index contributed by atoms with van der Waals surface area (Å²) in [7, 11) is 0. The van der Waals surface area contributed by atoms with Crippen molar-refractivity contribution >= 4 is 11.6 Å². The van der Waals surface area contributed by atoms with Gasteiger partial charge in [-0.3, -0.25) is 19.6 Å². The highest BCUT2D eigenvalue weighted by atomic mass is 16.2. The van der Waals surface area contributed by atoms with E-state index in [0.717, 1.165) is 64.6 Å². The van der Waals surface area contributed by atoms with Gasteiger partial charge in [0.1, 0.15) is 0 Å². The van der Waals surface area contributed by atoms with Crippen LogP contribution in [-0.2, 0) is 11.3 Å². The lowest BCUT2D eigenvalue weighted by Crippen LogP contribution is -2.53. The standard InChI is InChI=1S/C23H31N5O/c1-20-21(6-5-9-24-20)18-25-10-12-26(13-11-25)19-23(29)28-16-14-27(15-17-28)22-7-3-2-4-8-22/h2-9H,10-19H2,1H3. The number of rotatable bonds is 5. The molecule has 0 radical (unpaired) electrons. The zero-order valence-corrected chi connectivity index (χ0v) is 17.3. The molecule has 2 aromatic rings. The molecule has 2 fully saturated rings. The molecular formula is C23H31N5O. The van der Waals surface area contributed by atoms with Crippen LogP contribution in [0.5, 0.6) is 0 Å². The van der Waals surface area contributed by atoms with Crippen molar-refractivity contribution in [2.24, 2.45) is 0 Å². The van der Waals surface area contributed by atoms with Gasteiger partial charge in [0, 0.05) is 76.5 Å². The molecule has 0 saturated carbocycles. The van der Waals surface area contributed by atoms with E-state index in [2.05, 4.69) is 56.9 Å². The lowest BCUT2D eigenvalue weighted by atomic mass is 10.2. The number of hydrogen-bond donors (Lipinski definition) is 0. The third kappa shape index (κ3) is 5.14. The van der Waals surface area contributed by atoms with Gasteiger partial charge in [0.05, 0.1) is 6.54 Å². The molecule has 0 N–H and O–H groups in total. The van der Waals surface area contributed by atoms with E-state index < -0.39 is 0 Å². The Labute approximate surface area is 173 Å². The number of carbonyl (C=O) groups is 1. The second-order valence-electron chi connectivity index (χ2n) is 8.00. The number of anilines is 1. The third-order valence-electron chi connectivity index (χ3n) is 6.09. The van der Waals surface area contributed by atoms with Crippen LogP contribution < -0.4 is 4.90 Å². The Morgan fingerprint density at radius 3 is 2.24 bits per heavy atom. The normalized spacial score (nSPS) is 18.8. The smallest absolute Gasteiger partial charge is 0.236 e. The van der Waals surface area contributed by atoms with Gasteiger partial charge in [0.2, 0.25) is 5.91 Å². The Morgan fingerprint density at radius 1 is 0.862 bits per heavy atom. The molecule has 154 valence electrons. The Kier molecular flexibility index (Phi) is 6.42. The maximum Gasteiger partial charge on any atom is 0.236 e. The summed E-state index contributed by atoms with van der Waals surface area (Å²) in [5.41, 5.74) is 3.66. The lowest BCUT2D eigenvalue weighted by molar-refractivity contribution is -0.133. The van der Waals surface area contributed by atoms with Gasteiger partial charge in [-0.15, -0.1) is 0 Å². The van der Waals surface area contributed by atoms with Crippen LogP contribution in [0.3, 0.4) is 0 Å². The lowest BCUT2D eigenvalue weighted by Gasteiger charge is -2.38. The molecule has 2 aliphatic rings. The summed E-state index contributed by atoms with van der Waals surface area (Å²) in [6.45, 7) is 10.9. The van der Waals surface area contributed by atoms with E-state index in [-0.39, 0.29) is 5.91 Å². The van der Waals surface area contributed by atoms with E-state index in [1.165, 1.54) is 11.3 Å². The highest BCUT2D eigenvalue weighted by Crippen LogP contribution is 2.16. The Hall–Kier alpha value is -2.44. The molecule has 1 amide bonds. The van der Waals surface area contributed by atoms with Crippen molar-refractivity contribution in [2.45, 2.75) is 13.5 Å². The summed E-state index contributed by atoms with van der Waals surface area (Å²) >= 11 is 0. The molecule has 6 heteroatoms. The number of para-hydroxylation sites is 1. The van der Waals surface area contributed by atoms with Gasteiger partial charge in [0.25, 0.3) is 0 Å². The van der Waals surface area contributed by atoms with Crippen LogP contribution in [0, 0.1) is 6.92 Å². The summed E-state index contributed by atoms with van der Waals surface area (Å²) in [4.78, 5) is 26.3. The van der Waals surface area contributed by atoms with E-state index in [1.54, 1.807) is 0 Å². The van der Waals surface area contributed by atoms with Gasteiger partial charge in [-0.05, 0) is 30.7 Å². The molecular weight excluding hydrogens is 362 g/mol. The van der Waals surface area contributed by atoms with Crippen molar-refractivity contribution in [2.75, 3.05) is 63.8 Å². The minimum absolute atomic E-state index is 0.272. The van der Waals surface area contributed by atoms with E-state index in [1.807, 2.05) is 23.2 Å². The number of pyridine rings is 1. The molecule has 2 saturated heterocycles. The van der Waals surface area contributed by atoms with E-state index in [9.17, 15) is 4.79 Å². The van der Waals surface area contributed by atoms with E-state index >= 15 is 0 Å². The quantitative estimate of drug-likeness (QED) is 0.776. The molecule has 1 aromatic carbocycles. The number of aromatic nitrogens is 1.